The van der Waals surface area contributed by atoms with Gasteiger partial charge >= 0.3 is 0 Å². The van der Waals surface area contributed by atoms with Crippen molar-refractivity contribution in [2.24, 2.45) is 0 Å². The number of carbonyl (C=O) groups is 2. The van der Waals surface area contributed by atoms with Crippen LogP contribution in [-0.4, -0.2) is 71.8 Å². The van der Waals surface area contributed by atoms with E-state index in [1.165, 1.54) is 11.8 Å². The highest BCUT2D eigenvalue weighted by Crippen LogP contribution is 2.30. The van der Waals surface area contributed by atoms with Crippen LogP contribution in [0.1, 0.15) is 42.3 Å². The second kappa shape index (κ2) is 9.51. The first-order chi connectivity index (χ1) is 15.1. The second-order valence-corrected chi connectivity index (χ2v) is 7.99. The number of fused-ring (bicyclic) bond motifs is 1. The number of amides is 2. The van der Waals surface area contributed by atoms with Crippen LogP contribution in [0.5, 0.6) is 5.75 Å². The molecule has 1 atom stereocenters. The number of morpholine rings is 1. The fourth-order valence-electron chi connectivity index (χ4n) is 4.36. The normalized spacial score (nSPS) is 22.9. The van der Waals surface area contributed by atoms with Gasteiger partial charge in [0.1, 0.15) is 12.4 Å². The Morgan fingerprint density at radius 3 is 2.84 bits per heavy atom. The summed E-state index contributed by atoms with van der Waals surface area (Å²) in [5.41, 5.74) is 0.126. The van der Waals surface area contributed by atoms with Gasteiger partial charge in [0.05, 0.1) is 25.9 Å². The number of ether oxygens (including phenoxy) is 2. The lowest BCUT2D eigenvalue weighted by Crippen LogP contribution is -2.62. The number of rotatable bonds is 2. The molecule has 3 heterocycles. The molecule has 2 aromatic rings. The van der Waals surface area contributed by atoms with E-state index in [9.17, 15) is 9.59 Å². The van der Waals surface area contributed by atoms with Crippen LogP contribution in [0.2, 0.25) is 0 Å². The van der Waals surface area contributed by atoms with Gasteiger partial charge in [-0.15, -0.1) is 0 Å². The van der Waals surface area contributed by atoms with Crippen molar-refractivity contribution in [1.82, 2.24) is 15.0 Å². The van der Waals surface area contributed by atoms with E-state index < -0.39 is 5.60 Å². The Balaban J connectivity index is 1.56. The summed E-state index contributed by atoms with van der Waals surface area (Å²) < 4.78 is 17.2. The summed E-state index contributed by atoms with van der Waals surface area (Å²) in [6.07, 6.45) is 4.59. The van der Waals surface area contributed by atoms with Gasteiger partial charge in [-0.3, -0.25) is 9.59 Å². The Kier molecular flexibility index (Phi) is 6.56. The summed E-state index contributed by atoms with van der Waals surface area (Å²) in [4.78, 5) is 29.9. The number of hydrogen-bond acceptors (Lipinski definition) is 6. The number of aryl methyl sites for hydroxylation is 1. The molecule has 8 heteroatoms. The van der Waals surface area contributed by atoms with Gasteiger partial charge in [-0.05, 0) is 44.2 Å². The van der Waals surface area contributed by atoms with Crippen LogP contribution < -0.4 is 4.74 Å². The largest absolute Gasteiger partial charge is 0.491 e. The minimum Gasteiger partial charge on any atom is -0.491 e. The molecule has 2 aliphatic rings. The molecule has 0 aliphatic carbocycles. The van der Waals surface area contributed by atoms with Crippen molar-refractivity contribution in [2.45, 2.75) is 38.2 Å². The zero-order chi connectivity index (χ0) is 21.7. The SMILES string of the molecule is CCN1CCOc2ccccc2CCCCC2(CN(C(=O)c3ccno3)CCO2)C1=O. The maximum absolute atomic E-state index is 13.6. The molecule has 2 aliphatic heterocycles. The molecule has 1 saturated heterocycles. The molecule has 166 valence electrons. The van der Waals surface area contributed by atoms with E-state index >= 15 is 0 Å². The predicted octanol–water partition coefficient (Wildman–Crippen LogP) is 2.54. The molecule has 0 bridgehead atoms. The summed E-state index contributed by atoms with van der Waals surface area (Å²) in [6, 6.07) is 9.61. The molecule has 0 N–H and O–H groups in total. The van der Waals surface area contributed by atoms with Gasteiger partial charge in [0.25, 0.3) is 11.8 Å². The van der Waals surface area contributed by atoms with Crippen molar-refractivity contribution in [3.8, 4) is 5.75 Å². The predicted molar refractivity (Wildman–Crippen MR) is 113 cm³/mol. The summed E-state index contributed by atoms with van der Waals surface area (Å²) in [5.74, 6) is 0.718. The van der Waals surface area contributed by atoms with Crippen molar-refractivity contribution >= 4 is 11.8 Å². The van der Waals surface area contributed by atoms with Crippen LogP contribution in [-0.2, 0) is 16.0 Å². The highest BCUT2D eigenvalue weighted by Gasteiger charge is 2.46. The molecule has 1 fully saturated rings. The number of para-hydroxylation sites is 1. The third kappa shape index (κ3) is 4.58. The quantitative estimate of drug-likeness (QED) is 0.732. The first-order valence-electron chi connectivity index (χ1n) is 11.0. The maximum Gasteiger partial charge on any atom is 0.292 e. The minimum absolute atomic E-state index is 0.0810. The fourth-order valence-corrected chi connectivity index (χ4v) is 4.36. The number of likely N-dealkylation sites (N-methyl/N-ethyl adjacent to an activating group) is 1. The highest BCUT2D eigenvalue weighted by molar-refractivity contribution is 5.93. The van der Waals surface area contributed by atoms with Crippen molar-refractivity contribution in [3.63, 3.8) is 0 Å². The van der Waals surface area contributed by atoms with Crippen LogP contribution in [0.25, 0.3) is 0 Å². The third-order valence-corrected chi connectivity index (χ3v) is 6.05. The number of carbonyl (C=O) groups excluding carboxylic acids is 2. The lowest BCUT2D eigenvalue weighted by Gasteiger charge is -2.43. The van der Waals surface area contributed by atoms with E-state index in [1.807, 2.05) is 25.1 Å². The zero-order valence-corrected chi connectivity index (χ0v) is 17.9. The van der Waals surface area contributed by atoms with Crippen LogP contribution in [0.4, 0.5) is 0 Å². The van der Waals surface area contributed by atoms with Crippen LogP contribution in [0.3, 0.4) is 0 Å². The van der Waals surface area contributed by atoms with Crippen LogP contribution >= 0.6 is 0 Å². The van der Waals surface area contributed by atoms with Crippen LogP contribution in [0, 0.1) is 0 Å². The summed E-state index contributed by atoms with van der Waals surface area (Å²) >= 11 is 0. The summed E-state index contributed by atoms with van der Waals surface area (Å²) in [6.45, 7) is 4.30. The summed E-state index contributed by atoms with van der Waals surface area (Å²) in [5, 5.41) is 3.63. The van der Waals surface area contributed by atoms with E-state index in [4.69, 9.17) is 14.0 Å². The van der Waals surface area contributed by atoms with Gasteiger partial charge in [-0.25, -0.2) is 0 Å². The Labute approximate surface area is 182 Å². The molecular weight excluding hydrogens is 398 g/mol. The van der Waals surface area contributed by atoms with Gasteiger partial charge in [-0.2, -0.15) is 0 Å². The Morgan fingerprint density at radius 1 is 1.16 bits per heavy atom. The van der Waals surface area contributed by atoms with Crippen molar-refractivity contribution in [3.05, 3.63) is 47.9 Å². The van der Waals surface area contributed by atoms with Crippen molar-refractivity contribution in [1.29, 1.82) is 0 Å². The van der Waals surface area contributed by atoms with E-state index in [-0.39, 0.29) is 24.1 Å². The highest BCUT2D eigenvalue weighted by atomic mass is 16.5. The molecule has 1 unspecified atom stereocenters. The molecule has 2 amide bonds. The van der Waals surface area contributed by atoms with Crippen molar-refractivity contribution < 1.29 is 23.6 Å². The van der Waals surface area contributed by atoms with Gasteiger partial charge in [0, 0.05) is 19.2 Å². The van der Waals surface area contributed by atoms with E-state index in [0.717, 1.165) is 25.0 Å². The summed E-state index contributed by atoms with van der Waals surface area (Å²) in [7, 11) is 0. The molecule has 0 saturated carbocycles. The van der Waals surface area contributed by atoms with Crippen LogP contribution in [0.15, 0.2) is 41.1 Å². The first-order valence-corrected chi connectivity index (χ1v) is 11.0. The molecule has 4 rings (SSSR count). The molecular formula is C23H29N3O5. The Morgan fingerprint density at radius 2 is 2.03 bits per heavy atom. The lowest BCUT2D eigenvalue weighted by atomic mass is 9.91. The molecule has 1 aromatic heterocycles. The number of benzene rings is 1. The standard InChI is InChI=1S/C23H29N3O5/c1-2-25-13-15-29-19-9-4-3-7-18(19)8-5-6-11-23(22(25)28)17-26(14-16-30-23)21(27)20-10-12-24-31-20/h3-4,7,9-10,12H,2,5-6,8,11,13-17H2,1H3. The molecule has 1 aromatic carbocycles. The van der Waals surface area contributed by atoms with Crippen molar-refractivity contribution in [2.75, 3.05) is 39.4 Å². The number of hydrogen-bond donors (Lipinski definition) is 0. The average molecular weight is 428 g/mol. The zero-order valence-electron chi connectivity index (χ0n) is 17.9. The lowest BCUT2D eigenvalue weighted by molar-refractivity contribution is -0.170. The second-order valence-electron chi connectivity index (χ2n) is 7.99. The minimum atomic E-state index is -1.05. The molecule has 0 radical (unpaired) electrons. The Bertz CT molecular complexity index is 900. The number of nitrogens with zero attached hydrogens (tertiary/aromatic N) is 3. The first kappa shape index (κ1) is 21.4. The number of aromatic nitrogens is 1. The molecule has 8 nitrogen and oxygen atoms in total. The van der Waals surface area contributed by atoms with Gasteiger partial charge in [-0.1, -0.05) is 23.4 Å². The van der Waals surface area contributed by atoms with E-state index in [1.54, 1.807) is 15.9 Å². The average Bonchev–Trinajstić information content (AvgIpc) is 3.34. The fraction of sp³-hybridized carbons (Fsp3) is 0.522. The van der Waals surface area contributed by atoms with E-state index in [2.05, 4.69) is 11.2 Å². The maximum atomic E-state index is 13.6. The van der Waals surface area contributed by atoms with Gasteiger partial charge in [0.15, 0.2) is 5.60 Å². The third-order valence-electron chi connectivity index (χ3n) is 6.05. The smallest absolute Gasteiger partial charge is 0.292 e. The monoisotopic (exact) mass is 427 g/mol. The van der Waals surface area contributed by atoms with Gasteiger partial charge < -0.3 is 23.8 Å². The van der Waals surface area contributed by atoms with Gasteiger partial charge in [0.2, 0.25) is 5.76 Å². The topological polar surface area (TPSA) is 85.1 Å². The Hall–Kier alpha value is -2.87. The van der Waals surface area contributed by atoms with E-state index in [0.29, 0.717) is 39.3 Å². The molecule has 1 spiro atoms. The molecule has 31 heavy (non-hydrogen) atoms.